The lowest BCUT2D eigenvalue weighted by Gasteiger charge is -2.37. The van der Waals surface area contributed by atoms with Crippen LogP contribution in [0.2, 0.25) is 0 Å². The van der Waals surface area contributed by atoms with E-state index in [1.54, 1.807) is 33.8 Å². The average Bonchev–Trinajstić information content (AvgIpc) is 3.37. The molecule has 250 valence electrons. The maximum atomic E-state index is 15.6. The number of ether oxygens (including phenoxy) is 3. The maximum absolute atomic E-state index is 15.6. The Labute approximate surface area is 270 Å². The van der Waals surface area contributed by atoms with Gasteiger partial charge in [-0.05, 0) is 89.7 Å². The minimum atomic E-state index is -1.43. The number of halogens is 1. The van der Waals surface area contributed by atoms with E-state index < -0.39 is 23.5 Å². The smallest absolute Gasteiger partial charge is 0.337 e. The summed E-state index contributed by atoms with van der Waals surface area (Å²) >= 11 is 0. The number of nitrogens with one attached hydrogen (secondary N) is 1. The van der Waals surface area contributed by atoms with Gasteiger partial charge in [0.1, 0.15) is 6.61 Å². The molecule has 1 aromatic carbocycles. The molecule has 2 aliphatic rings. The predicted octanol–water partition coefficient (Wildman–Crippen LogP) is 6.83. The summed E-state index contributed by atoms with van der Waals surface area (Å²) in [5, 5.41) is 17.9. The highest BCUT2D eigenvalue weighted by atomic mass is 19.1. The number of amides is 1. The molecule has 2 aromatic heterocycles. The van der Waals surface area contributed by atoms with Crippen LogP contribution in [0.1, 0.15) is 95.7 Å². The molecule has 1 saturated carbocycles. The van der Waals surface area contributed by atoms with Gasteiger partial charge in [0.15, 0.2) is 29.1 Å². The molecule has 4 atom stereocenters. The molecule has 10 nitrogen and oxygen atoms in total. The Morgan fingerprint density at radius 2 is 1.96 bits per heavy atom. The van der Waals surface area contributed by atoms with Crippen LogP contribution < -0.4 is 10.1 Å². The van der Waals surface area contributed by atoms with Crippen molar-refractivity contribution in [3.8, 4) is 17.0 Å². The third-order valence-corrected chi connectivity index (χ3v) is 9.14. The van der Waals surface area contributed by atoms with Crippen molar-refractivity contribution in [2.45, 2.75) is 105 Å². The third kappa shape index (κ3) is 7.05. The number of hydrogen-bond acceptors (Lipinski definition) is 7. The van der Waals surface area contributed by atoms with Crippen LogP contribution >= 0.6 is 0 Å². The normalized spacial score (nSPS) is 20.8. The highest BCUT2D eigenvalue weighted by Crippen LogP contribution is 2.42. The second-order valence-corrected chi connectivity index (χ2v) is 14.2. The molecule has 1 fully saturated rings. The highest BCUT2D eigenvalue weighted by molar-refractivity contribution is 5.91. The SMILES string of the molecule is Cc1nc2cc(NC(=O)COC3CC(C)CCC3C(C)C)nn2c(-c2cc(F)c3c(c2C)CCCO3)c1C(OC(C)(C)C)C(=O)O. The van der Waals surface area contributed by atoms with Crippen LogP contribution in [0.4, 0.5) is 10.2 Å². The average molecular weight is 639 g/mol. The molecular weight excluding hydrogens is 591 g/mol. The molecule has 1 amide bonds. The number of fused-ring (bicyclic) bond motifs is 2. The van der Waals surface area contributed by atoms with Gasteiger partial charge in [0.05, 0.1) is 24.0 Å². The summed E-state index contributed by atoms with van der Waals surface area (Å²) in [4.78, 5) is 30.5. The van der Waals surface area contributed by atoms with Crippen molar-refractivity contribution in [3.05, 3.63) is 40.3 Å². The summed E-state index contributed by atoms with van der Waals surface area (Å²) in [5.41, 5.74) is 2.45. The van der Waals surface area contributed by atoms with E-state index in [-0.39, 0.29) is 35.7 Å². The number of carboxylic acids is 1. The number of carboxylic acid groups (broad SMARTS) is 1. The monoisotopic (exact) mass is 638 g/mol. The fourth-order valence-electron chi connectivity index (χ4n) is 6.93. The van der Waals surface area contributed by atoms with Gasteiger partial charge in [-0.2, -0.15) is 0 Å². The first-order valence-electron chi connectivity index (χ1n) is 16.3. The van der Waals surface area contributed by atoms with E-state index in [0.29, 0.717) is 53.4 Å². The standard InChI is InChI=1S/C35H47FN4O6/c1-18(2)22-12-11-19(3)14-26(22)45-17-29(41)38-27-16-28-37-21(5)30(33(34(42)43)46-35(6,7)8)31(40(28)39-27)24-15-25(36)32-23(20(24)4)10-9-13-44-32/h15-16,18-19,22,26,33H,9-14,17H2,1-8H3,(H,42,43)(H,38,39,41). The Kier molecular flexibility index (Phi) is 9.75. The second-order valence-electron chi connectivity index (χ2n) is 14.2. The van der Waals surface area contributed by atoms with Crippen molar-refractivity contribution in [1.82, 2.24) is 14.6 Å². The number of hydrogen-bond donors (Lipinski definition) is 2. The Morgan fingerprint density at radius 1 is 1.22 bits per heavy atom. The number of rotatable bonds is 9. The number of aryl methyl sites for hydroxylation is 1. The lowest BCUT2D eigenvalue weighted by Crippen LogP contribution is -2.36. The zero-order chi connectivity index (χ0) is 33.5. The van der Waals surface area contributed by atoms with Crippen LogP contribution in [0.3, 0.4) is 0 Å². The van der Waals surface area contributed by atoms with Gasteiger partial charge in [0.2, 0.25) is 0 Å². The summed E-state index contributed by atoms with van der Waals surface area (Å²) in [6.07, 6.45) is 3.10. The van der Waals surface area contributed by atoms with Gasteiger partial charge < -0.3 is 24.6 Å². The molecule has 1 aliphatic carbocycles. The minimum Gasteiger partial charge on any atom is -0.490 e. The lowest BCUT2D eigenvalue weighted by molar-refractivity contribution is -0.160. The van der Waals surface area contributed by atoms with E-state index in [9.17, 15) is 14.7 Å². The quantitative estimate of drug-likeness (QED) is 0.261. The first-order valence-corrected chi connectivity index (χ1v) is 16.3. The highest BCUT2D eigenvalue weighted by Gasteiger charge is 2.35. The van der Waals surface area contributed by atoms with Crippen molar-refractivity contribution in [3.63, 3.8) is 0 Å². The van der Waals surface area contributed by atoms with Crippen LogP contribution in [-0.2, 0) is 25.5 Å². The van der Waals surface area contributed by atoms with E-state index in [1.807, 2.05) is 6.92 Å². The van der Waals surface area contributed by atoms with Gasteiger partial charge in [-0.1, -0.05) is 27.2 Å². The van der Waals surface area contributed by atoms with Gasteiger partial charge in [0, 0.05) is 28.5 Å². The van der Waals surface area contributed by atoms with Gasteiger partial charge >= 0.3 is 5.97 Å². The first kappa shape index (κ1) is 33.8. The number of nitrogens with zero attached hydrogens (tertiary/aromatic N) is 3. The van der Waals surface area contributed by atoms with E-state index >= 15 is 4.39 Å². The fourth-order valence-corrected chi connectivity index (χ4v) is 6.93. The van der Waals surface area contributed by atoms with Crippen LogP contribution in [0, 0.1) is 37.4 Å². The minimum absolute atomic E-state index is 0.00988. The summed E-state index contributed by atoms with van der Waals surface area (Å²) in [6.45, 7) is 15.8. The second kappa shape index (κ2) is 13.3. The predicted molar refractivity (Wildman–Crippen MR) is 173 cm³/mol. The largest absolute Gasteiger partial charge is 0.490 e. The Bertz CT molecular complexity index is 1630. The Morgan fingerprint density at radius 3 is 2.63 bits per heavy atom. The molecule has 0 saturated heterocycles. The lowest BCUT2D eigenvalue weighted by atomic mass is 9.75. The van der Waals surface area contributed by atoms with Crippen molar-refractivity contribution in [2.75, 3.05) is 18.5 Å². The molecule has 3 heterocycles. The molecule has 2 N–H and O–H groups in total. The molecule has 0 spiro atoms. The number of benzene rings is 1. The molecule has 0 radical (unpaired) electrons. The van der Waals surface area contributed by atoms with E-state index in [2.05, 4.69) is 36.2 Å². The van der Waals surface area contributed by atoms with Crippen molar-refractivity contribution >= 4 is 23.3 Å². The molecule has 1 aliphatic heterocycles. The topological polar surface area (TPSA) is 124 Å². The molecule has 4 unspecified atom stereocenters. The van der Waals surface area contributed by atoms with Gasteiger partial charge in [-0.25, -0.2) is 18.7 Å². The molecule has 11 heteroatoms. The van der Waals surface area contributed by atoms with Gasteiger partial charge in [0.25, 0.3) is 5.91 Å². The number of aliphatic carboxylic acids is 1. The third-order valence-electron chi connectivity index (χ3n) is 9.14. The van der Waals surface area contributed by atoms with Crippen LogP contribution in [-0.4, -0.2) is 56.5 Å². The van der Waals surface area contributed by atoms with Gasteiger partial charge in [-0.15, -0.1) is 5.10 Å². The molecule has 5 rings (SSSR count). The summed E-state index contributed by atoms with van der Waals surface area (Å²) < 4.78 is 35.0. The zero-order valence-electron chi connectivity index (χ0n) is 28.2. The van der Waals surface area contributed by atoms with Crippen LogP contribution in [0.25, 0.3) is 16.9 Å². The number of aromatic nitrogens is 3. The van der Waals surface area contributed by atoms with E-state index in [1.165, 1.54) is 10.6 Å². The maximum Gasteiger partial charge on any atom is 0.337 e. The van der Waals surface area contributed by atoms with E-state index in [4.69, 9.17) is 14.2 Å². The summed E-state index contributed by atoms with van der Waals surface area (Å²) in [7, 11) is 0. The molecular formula is C35H47FN4O6. The van der Waals surface area contributed by atoms with Crippen molar-refractivity contribution in [2.24, 2.45) is 17.8 Å². The van der Waals surface area contributed by atoms with Crippen LogP contribution in [0.15, 0.2) is 12.1 Å². The molecule has 0 bridgehead atoms. The van der Waals surface area contributed by atoms with E-state index in [0.717, 1.165) is 36.8 Å². The van der Waals surface area contributed by atoms with Crippen molar-refractivity contribution < 1.29 is 33.3 Å². The number of anilines is 1. The Hall–Kier alpha value is -3.57. The van der Waals surface area contributed by atoms with Crippen molar-refractivity contribution in [1.29, 1.82) is 0 Å². The summed E-state index contributed by atoms with van der Waals surface area (Å²) in [5.74, 6) is -0.260. The fraction of sp³-hybridized carbons (Fsp3) is 0.600. The molecule has 46 heavy (non-hydrogen) atoms. The summed E-state index contributed by atoms with van der Waals surface area (Å²) in [6, 6.07) is 2.97. The number of carbonyl (C=O) groups is 2. The zero-order valence-corrected chi connectivity index (χ0v) is 28.2. The number of carbonyl (C=O) groups excluding carboxylic acids is 1. The first-order chi connectivity index (χ1) is 21.6. The Balaban J connectivity index is 1.57. The molecule has 3 aromatic rings. The van der Waals surface area contributed by atoms with Gasteiger partial charge in [-0.3, -0.25) is 4.79 Å². The van der Waals surface area contributed by atoms with Crippen LogP contribution in [0.5, 0.6) is 5.75 Å².